The number of aliphatic carboxylic acids is 1. The number of nitrogens with zero attached hydrogens (tertiary/aromatic N) is 2. The average molecular weight is 495 g/mol. The third kappa shape index (κ3) is 6.10. The Balaban J connectivity index is 1.59. The van der Waals surface area contributed by atoms with Gasteiger partial charge < -0.3 is 14.6 Å². The van der Waals surface area contributed by atoms with Crippen molar-refractivity contribution in [2.45, 2.75) is 38.1 Å². The first-order valence-corrected chi connectivity index (χ1v) is 12.2. The molecule has 1 aliphatic carbocycles. The van der Waals surface area contributed by atoms with Gasteiger partial charge in [-0.25, -0.2) is 14.6 Å². The van der Waals surface area contributed by atoms with Crippen LogP contribution in [0.25, 0.3) is 6.08 Å². The number of carboxylic acids is 1. The largest absolute Gasteiger partial charge is 0.482 e. The maximum atomic E-state index is 13.4. The van der Waals surface area contributed by atoms with Gasteiger partial charge in [-0.05, 0) is 72.6 Å². The molecule has 0 bridgehead atoms. The molecule has 1 heterocycles. The SMILES string of the molecule is COC(=O)c1ccc(N=C2S/C(=C\c3ccc(OCC(=O)O)cc3)C(=O)N2C2CCCCC2)cc1. The minimum atomic E-state index is -1.04. The molecule has 1 N–H and O–H groups in total. The summed E-state index contributed by atoms with van der Waals surface area (Å²) in [7, 11) is 1.34. The van der Waals surface area contributed by atoms with Crippen LogP contribution in [0.3, 0.4) is 0 Å². The van der Waals surface area contributed by atoms with Crippen LogP contribution >= 0.6 is 11.8 Å². The van der Waals surface area contributed by atoms with Crippen molar-refractivity contribution in [3.05, 3.63) is 64.6 Å². The second-order valence-corrected chi connectivity index (χ2v) is 9.27. The zero-order valence-corrected chi connectivity index (χ0v) is 20.1. The highest BCUT2D eigenvalue weighted by molar-refractivity contribution is 8.18. The van der Waals surface area contributed by atoms with Crippen molar-refractivity contribution in [3.63, 3.8) is 0 Å². The lowest BCUT2D eigenvalue weighted by Gasteiger charge is -2.30. The van der Waals surface area contributed by atoms with Crippen LogP contribution in [-0.2, 0) is 14.3 Å². The molecule has 2 aliphatic rings. The Bertz CT molecular complexity index is 1150. The van der Waals surface area contributed by atoms with Gasteiger partial charge in [0.1, 0.15) is 5.75 Å². The third-order valence-corrected chi connectivity index (χ3v) is 6.81. The minimum Gasteiger partial charge on any atom is -0.482 e. The van der Waals surface area contributed by atoms with Crippen molar-refractivity contribution in [2.24, 2.45) is 4.99 Å². The Labute approximate surface area is 207 Å². The molecule has 2 aromatic rings. The normalized spacial score (nSPS) is 18.8. The van der Waals surface area contributed by atoms with Crippen LogP contribution in [-0.4, -0.2) is 52.8 Å². The quantitative estimate of drug-likeness (QED) is 0.432. The number of amides is 1. The Morgan fingerprint density at radius 3 is 2.40 bits per heavy atom. The summed E-state index contributed by atoms with van der Waals surface area (Å²) in [6, 6.07) is 13.8. The molecule has 182 valence electrons. The number of thioether (sulfide) groups is 1. The van der Waals surface area contributed by atoms with Gasteiger partial charge in [0.25, 0.3) is 5.91 Å². The fourth-order valence-corrected chi connectivity index (χ4v) is 5.14. The van der Waals surface area contributed by atoms with E-state index in [9.17, 15) is 14.4 Å². The van der Waals surface area contributed by atoms with Crippen molar-refractivity contribution in [3.8, 4) is 5.75 Å². The van der Waals surface area contributed by atoms with Crippen molar-refractivity contribution >= 4 is 46.5 Å². The molecule has 1 saturated heterocycles. The molecule has 0 atom stereocenters. The van der Waals surface area contributed by atoms with Gasteiger partial charge in [0.05, 0.1) is 23.3 Å². The van der Waals surface area contributed by atoms with Gasteiger partial charge in [0.15, 0.2) is 11.8 Å². The van der Waals surface area contributed by atoms with Crippen molar-refractivity contribution in [1.82, 2.24) is 4.90 Å². The van der Waals surface area contributed by atoms with Crippen molar-refractivity contribution < 1.29 is 29.0 Å². The molecule has 0 radical (unpaired) electrons. The molecule has 2 fully saturated rings. The summed E-state index contributed by atoms with van der Waals surface area (Å²) in [6.07, 6.45) is 7.03. The van der Waals surface area contributed by atoms with Crippen LogP contribution in [0.5, 0.6) is 5.75 Å². The number of esters is 1. The number of methoxy groups -OCH3 is 1. The number of carbonyl (C=O) groups is 3. The summed E-state index contributed by atoms with van der Waals surface area (Å²) in [4.78, 5) is 43.0. The molecule has 1 saturated carbocycles. The summed E-state index contributed by atoms with van der Waals surface area (Å²) < 4.78 is 9.92. The van der Waals surface area contributed by atoms with Gasteiger partial charge >= 0.3 is 11.9 Å². The van der Waals surface area contributed by atoms with E-state index in [4.69, 9.17) is 19.6 Å². The smallest absolute Gasteiger partial charge is 0.341 e. The van der Waals surface area contributed by atoms with Gasteiger partial charge in [-0.15, -0.1) is 0 Å². The number of hydrogen-bond donors (Lipinski definition) is 1. The third-order valence-electron chi connectivity index (χ3n) is 5.83. The maximum Gasteiger partial charge on any atom is 0.341 e. The van der Waals surface area contributed by atoms with Crippen LogP contribution < -0.4 is 4.74 Å². The molecule has 1 aliphatic heterocycles. The molecule has 0 spiro atoms. The molecule has 0 aromatic heterocycles. The van der Waals surface area contributed by atoms with E-state index in [1.807, 2.05) is 11.0 Å². The number of aliphatic imine (C=N–C) groups is 1. The van der Waals surface area contributed by atoms with Crippen LogP contribution in [0.1, 0.15) is 48.0 Å². The minimum absolute atomic E-state index is 0.0713. The first-order valence-electron chi connectivity index (χ1n) is 11.4. The Kier molecular flexibility index (Phi) is 7.87. The summed E-state index contributed by atoms with van der Waals surface area (Å²) in [6.45, 7) is -0.411. The molecular weight excluding hydrogens is 468 g/mol. The van der Waals surface area contributed by atoms with Crippen molar-refractivity contribution in [1.29, 1.82) is 0 Å². The Morgan fingerprint density at radius 2 is 1.77 bits per heavy atom. The number of hydrogen-bond acceptors (Lipinski definition) is 7. The van der Waals surface area contributed by atoms with E-state index < -0.39 is 18.5 Å². The van der Waals surface area contributed by atoms with Crippen LogP contribution in [0.4, 0.5) is 5.69 Å². The van der Waals surface area contributed by atoms with Crippen LogP contribution in [0.2, 0.25) is 0 Å². The highest BCUT2D eigenvalue weighted by Crippen LogP contribution is 2.38. The summed E-state index contributed by atoms with van der Waals surface area (Å²) in [5, 5.41) is 9.37. The number of ether oxygens (including phenoxy) is 2. The molecule has 4 rings (SSSR count). The zero-order chi connectivity index (χ0) is 24.8. The highest BCUT2D eigenvalue weighted by atomic mass is 32.2. The predicted molar refractivity (Wildman–Crippen MR) is 134 cm³/mol. The maximum absolute atomic E-state index is 13.4. The lowest BCUT2D eigenvalue weighted by molar-refractivity contribution is -0.139. The second kappa shape index (κ2) is 11.2. The first-order chi connectivity index (χ1) is 16.9. The number of amidine groups is 1. The fraction of sp³-hybridized carbons (Fsp3) is 0.308. The van der Waals surface area contributed by atoms with Gasteiger partial charge in [-0.1, -0.05) is 31.4 Å². The summed E-state index contributed by atoms with van der Waals surface area (Å²) in [5.74, 6) is -1.08. The second-order valence-electron chi connectivity index (χ2n) is 8.26. The predicted octanol–water partition coefficient (Wildman–Crippen LogP) is 4.87. The van der Waals surface area contributed by atoms with E-state index in [1.54, 1.807) is 48.5 Å². The van der Waals surface area contributed by atoms with E-state index in [-0.39, 0.29) is 11.9 Å². The number of rotatable bonds is 7. The van der Waals surface area contributed by atoms with Crippen LogP contribution in [0.15, 0.2) is 58.4 Å². The average Bonchev–Trinajstić information content (AvgIpc) is 3.18. The molecule has 9 heteroatoms. The monoisotopic (exact) mass is 494 g/mol. The van der Waals surface area contributed by atoms with Gasteiger partial charge in [0.2, 0.25) is 0 Å². The van der Waals surface area contributed by atoms with Crippen molar-refractivity contribution in [2.75, 3.05) is 13.7 Å². The van der Waals surface area contributed by atoms with Gasteiger partial charge in [-0.2, -0.15) is 0 Å². The summed E-state index contributed by atoms with van der Waals surface area (Å²) in [5.41, 5.74) is 1.89. The standard InChI is InChI=1S/C26H26N2O6S/c1-33-25(32)18-9-11-19(12-10-18)27-26-28(20-5-3-2-4-6-20)24(31)22(35-26)15-17-7-13-21(14-8-17)34-16-23(29)30/h7-15,20H,2-6,16H2,1H3,(H,29,30)/b22-15-,27-26?. The molecule has 35 heavy (non-hydrogen) atoms. The highest BCUT2D eigenvalue weighted by Gasteiger charge is 2.38. The molecule has 1 amide bonds. The van der Waals surface area contributed by atoms with E-state index in [2.05, 4.69) is 0 Å². The fourth-order valence-electron chi connectivity index (χ4n) is 4.08. The molecule has 2 aromatic carbocycles. The number of benzene rings is 2. The molecular formula is C26H26N2O6S. The Morgan fingerprint density at radius 1 is 1.09 bits per heavy atom. The topological polar surface area (TPSA) is 106 Å². The molecule has 0 unspecified atom stereocenters. The van der Waals surface area contributed by atoms with E-state index in [0.29, 0.717) is 27.1 Å². The molecule has 8 nitrogen and oxygen atoms in total. The lowest BCUT2D eigenvalue weighted by atomic mass is 9.94. The zero-order valence-electron chi connectivity index (χ0n) is 19.3. The van der Waals surface area contributed by atoms with Gasteiger partial charge in [-0.3, -0.25) is 9.69 Å². The van der Waals surface area contributed by atoms with E-state index in [1.165, 1.54) is 25.3 Å². The Hall–Kier alpha value is -3.59. The number of carboxylic acid groups (broad SMARTS) is 1. The van der Waals surface area contributed by atoms with E-state index >= 15 is 0 Å². The lowest BCUT2D eigenvalue weighted by Crippen LogP contribution is -2.40. The summed E-state index contributed by atoms with van der Waals surface area (Å²) >= 11 is 1.33. The van der Waals surface area contributed by atoms with Crippen LogP contribution in [0, 0.1) is 0 Å². The van der Waals surface area contributed by atoms with Gasteiger partial charge in [0, 0.05) is 6.04 Å². The number of carbonyl (C=O) groups excluding carboxylic acids is 2. The first kappa shape index (κ1) is 24.5. The van der Waals surface area contributed by atoms with E-state index in [0.717, 1.165) is 31.2 Å².